The molecule has 25 heavy (non-hydrogen) atoms. The van der Waals surface area contributed by atoms with Gasteiger partial charge in [0.1, 0.15) is 19.7 Å². The van der Waals surface area contributed by atoms with E-state index in [2.05, 4.69) is 20.3 Å². The molecule has 3 fully saturated rings. The van der Waals surface area contributed by atoms with Crippen LogP contribution in [0.2, 0.25) is 0 Å². The van der Waals surface area contributed by atoms with Crippen molar-refractivity contribution in [2.24, 2.45) is 5.16 Å². The van der Waals surface area contributed by atoms with Crippen LogP contribution in [-0.2, 0) is 19.1 Å². The quantitative estimate of drug-likeness (QED) is 0.583. The predicted octanol–water partition coefficient (Wildman–Crippen LogP) is 3.61. The molecule has 0 amide bonds. The summed E-state index contributed by atoms with van der Waals surface area (Å²) in [6.45, 7) is 3.68. The van der Waals surface area contributed by atoms with Crippen LogP contribution in [0.4, 0.5) is 0 Å². The average molecular weight is 429 g/mol. The number of nitrogens with one attached hydrogen (secondary N) is 1. The van der Waals surface area contributed by atoms with Crippen LogP contribution in [0, 0.1) is 0 Å². The zero-order valence-electron chi connectivity index (χ0n) is 14.4. The molecule has 5 heterocycles. The SMILES string of the molecule is C1=CONC1.C1=NOCC1.C1COCO1.C1CSCS1.C1CSSC1. The lowest BCUT2D eigenvalue weighted by molar-refractivity contribution is 0.0692. The lowest BCUT2D eigenvalue weighted by atomic mass is 10.5. The molecule has 0 aliphatic carbocycles. The molecule has 5 aliphatic rings. The summed E-state index contributed by atoms with van der Waals surface area (Å²) < 4.78 is 9.44. The van der Waals surface area contributed by atoms with Gasteiger partial charge in [-0.1, -0.05) is 26.7 Å². The number of hydrogen-bond donors (Lipinski definition) is 1. The Bertz CT molecular complexity index is 252. The van der Waals surface area contributed by atoms with Gasteiger partial charge in [-0.15, -0.1) is 0 Å². The number of rotatable bonds is 0. The fraction of sp³-hybridized carbons (Fsp3) is 0.800. The lowest BCUT2D eigenvalue weighted by Gasteiger charge is -1.82. The van der Waals surface area contributed by atoms with Crippen LogP contribution in [0.1, 0.15) is 12.8 Å². The topological polar surface area (TPSA) is 61.3 Å². The van der Waals surface area contributed by atoms with E-state index >= 15 is 0 Å². The highest BCUT2D eigenvalue weighted by Crippen LogP contribution is 2.29. The van der Waals surface area contributed by atoms with E-state index in [1.54, 1.807) is 12.5 Å². The summed E-state index contributed by atoms with van der Waals surface area (Å²) in [6, 6.07) is 0. The summed E-state index contributed by atoms with van der Waals surface area (Å²) >= 11 is 4.07. The van der Waals surface area contributed by atoms with Gasteiger partial charge >= 0.3 is 0 Å². The van der Waals surface area contributed by atoms with E-state index in [-0.39, 0.29) is 0 Å². The van der Waals surface area contributed by atoms with Gasteiger partial charge in [0.25, 0.3) is 0 Å². The molecule has 0 spiro atoms. The summed E-state index contributed by atoms with van der Waals surface area (Å²) in [7, 11) is 3.98. The van der Waals surface area contributed by atoms with Gasteiger partial charge < -0.3 is 19.1 Å². The van der Waals surface area contributed by atoms with E-state index in [1.807, 2.05) is 51.2 Å². The predicted molar refractivity (Wildman–Crippen MR) is 113 cm³/mol. The molecule has 0 saturated carbocycles. The van der Waals surface area contributed by atoms with Crippen LogP contribution < -0.4 is 5.48 Å². The molecular formula is C15H28N2O4S4. The number of hydroxylamine groups is 1. The van der Waals surface area contributed by atoms with Gasteiger partial charge in [-0.05, 0) is 12.5 Å². The van der Waals surface area contributed by atoms with E-state index in [9.17, 15) is 0 Å². The van der Waals surface area contributed by atoms with Crippen molar-refractivity contribution in [3.63, 3.8) is 0 Å². The van der Waals surface area contributed by atoms with E-state index in [0.717, 1.165) is 32.8 Å². The Morgan fingerprint density at radius 3 is 1.88 bits per heavy atom. The smallest absolute Gasteiger partial charge is 0.146 e. The summed E-state index contributed by atoms with van der Waals surface area (Å²) in [5.74, 6) is 5.52. The first kappa shape index (κ1) is 23.3. The Hall–Kier alpha value is 0.290. The van der Waals surface area contributed by atoms with Crippen molar-refractivity contribution >= 4 is 51.3 Å². The first-order valence-electron chi connectivity index (χ1n) is 8.23. The highest BCUT2D eigenvalue weighted by atomic mass is 33.1. The molecule has 1 N–H and O–H groups in total. The Labute approximate surface area is 167 Å². The fourth-order valence-electron chi connectivity index (χ4n) is 1.39. The third-order valence-electron chi connectivity index (χ3n) is 2.55. The molecule has 146 valence electrons. The molecule has 0 aromatic heterocycles. The second-order valence-electron chi connectivity index (χ2n) is 4.61. The summed E-state index contributed by atoms with van der Waals surface area (Å²) in [5, 5.41) is 4.79. The van der Waals surface area contributed by atoms with Crippen LogP contribution in [0.15, 0.2) is 17.5 Å². The average Bonchev–Trinajstić information content (AvgIpc) is 3.55. The molecule has 0 atom stereocenters. The Kier molecular flexibility index (Phi) is 19.2. The van der Waals surface area contributed by atoms with Crippen LogP contribution >= 0.6 is 45.1 Å². The maximum atomic E-state index is 4.72. The first-order chi connectivity index (χ1) is 12.5. The molecule has 10 heteroatoms. The zero-order valence-corrected chi connectivity index (χ0v) is 17.7. The molecular weight excluding hydrogens is 400 g/mol. The van der Waals surface area contributed by atoms with Gasteiger partial charge in [-0.2, -0.15) is 29.0 Å². The molecule has 0 aromatic rings. The third-order valence-corrected chi connectivity index (χ3v) is 7.71. The molecule has 5 aliphatic heterocycles. The number of hydrogen-bond acceptors (Lipinski definition) is 10. The minimum absolute atomic E-state index is 0.500. The van der Waals surface area contributed by atoms with Crippen molar-refractivity contribution in [3.05, 3.63) is 12.3 Å². The van der Waals surface area contributed by atoms with Gasteiger partial charge in [-0.3, -0.25) is 0 Å². The summed E-state index contributed by atoms with van der Waals surface area (Å²) in [4.78, 5) is 9.03. The molecule has 0 radical (unpaired) electrons. The number of thioether (sulfide) groups is 2. The van der Waals surface area contributed by atoms with E-state index in [0.29, 0.717) is 6.79 Å². The normalized spacial score (nSPS) is 22.1. The summed E-state index contributed by atoms with van der Waals surface area (Å²) in [6.07, 6.45) is 7.70. The maximum absolute atomic E-state index is 4.72. The first-order valence-corrected chi connectivity index (χ1v) is 13.0. The van der Waals surface area contributed by atoms with Crippen molar-refractivity contribution in [2.45, 2.75) is 12.8 Å². The number of oxime groups is 1. The van der Waals surface area contributed by atoms with Crippen molar-refractivity contribution < 1.29 is 19.1 Å². The fourth-order valence-corrected chi connectivity index (χ4v) is 6.10. The molecule has 0 aromatic carbocycles. The maximum Gasteiger partial charge on any atom is 0.146 e. The third kappa shape index (κ3) is 18.9. The van der Waals surface area contributed by atoms with Gasteiger partial charge in [0.05, 0.1) is 19.8 Å². The van der Waals surface area contributed by atoms with E-state index in [1.165, 1.54) is 34.5 Å². The van der Waals surface area contributed by atoms with Gasteiger partial charge in [0.2, 0.25) is 0 Å². The van der Waals surface area contributed by atoms with Crippen molar-refractivity contribution in [3.8, 4) is 0 Å². The van der Waals surface area contributed by atoms with Crippen LogP contribution in [0.5, 0.6) is 0 Å². The molecule has 0 bridgehead atoms. The van der Waals surface area contributed by atoms with Gasteiger partial charge in [0, 0.05) is 40.7 Å². The van der Waals surface area contributed by atoms with Crippen molar-refractivity contribution in [1.29, 1.82) is 0 Å². The number of ether oxygens (including phenoxy) is 2. The largest absolute Gasteiger partial charge is 0.417 e. The minimum atomic E-state index is 0.500. The van der Waals surface area contributed by atoms with Crippen LogP contribution in [0.25, 0.3) is 0 Å². The highest BCUT2D eigenvalue weighted by molar-refractivity contribution is 8.77. The second kappa shape index (κ2) is 20.6. The molecule has 5 rings (SSSR count). The van der Waals surface area contributed by atoms with E-state index in [4.69, 9.17) is 9.47 Å². The Morgan fingerprint density at radius 1 is 0.920 bits per heavy atom. The van der Waals surface area contributed by atoms with Crippen LogP contribution in [-0.4, -0.2) is 67.5 Å². The lowest BCUT2D eigenvalue weighted by Crippen LogP contribution is -2.02. The minimum Gasteiger partial charge on any atom is -0.417 e. The van der Waals surface area contributed by atoms with Gasteiger partial charge in [-0.25, -0.2) is 0 Å². The standard InChI is InChI=1S/2C3H5NO.C3H6O2.2C3H6S2/c2*1-2-4-5-3-1;2*1-2-5-3-4-1;1-2-4-5-3-1/h2H,1,3H2;1,3-4H,2H2;3*1-3H2. The highest BCUT2D eigenvalue weighted by Gasteiger charge is 1.97. The van der Waals surface area contributed by atoms with Crippen LogP contribution in [0.3, 0.4) is 0 Å². The van der Waals surface area contributed by atoms with Gasteiger partial charge in [0.15, 0.2) is 0 Å². The Morgan fingerprint density at radius 2 is 1.68 bits per heavy atom. The summed E-state index contributed by atoms with van der Waals surface area (Å²) in [5.41, 5.74) is 2.61. The van der Waals surface area contributed by atoms with E-state index < -0.39 is 0 Å². The molecule has 6 nitrogen and oxygen atoms in total. The second-order valence-corrected chi connectivity index (χ2v) is 9.89. The molecule has 3 saturated heterocycles. The monoisotopic (exact) mass is 428 g/mol. The molecule has 0 unspecified atom stereocenters. The van der Waals surface area contributed by atoms with Crippen molar-refractivity contribution in [2.75, 3.05) is 61.3 Å². The zero-order chi connectivity index (χ0) is 17.7. The van der Waals surface area contributed by atoms with Crippen molar-refractivity contribution in [1.82, 2.24) is 5.48 Å². The Balaban J connectivity index is 0.000000156. The number of nitrogens with zero attached hydrogens (tertiary/aromatic N) is 1.